The molecule has 0 aliphatic rings. The number of ether oxygens (including phenoxy) is 1. The van der Waals surface area contributed by atoms with E-state index in [0.29, 0.717) is 11.3 Å². The molecule has 16 heavy (non-hydrogen) atoms. The largest absolute Gasteiger partial charge is 0.467 e. The molecule has 0 fully saturated rings. The zero-order valence-corrected chi connectivity index (χ0v) is 8.62. The number of benzene rings is 1. The number of rotatable bonds is 3. The van der Waals surface area contributed by atoms with Crippen molar-refractivity contribution in [2.24, 2.45) is 0 Å². The Bertz CT molecular complexity index is 407. The Kier molecular flexibility index (Phi) is 4.00. The van der Waals surface area contributed by atoms with Gasteiger partial charge in [0.05, 0.1) is 13.7 Å². The van der Waals surface area contributed by atoms with Crippen molar-refractivity contribution >= 4 is 11.7 Å². The predicted octanol–water partition coefficient (Wildman–Crippen LogP) is 0.805. The van der Waals surface area contributed by atoms with E-state index in [2.05, 4.69) is 9.58 Å². The first kappa shape index (κ1) is 12.2. The van der Waals surface area contributed by atoms with E-state index in [-0.39, 0.29) is 0 Å². The Labute approximate surface area is 92.7 Å². The number of esters is 1. The van der Waals surface area contributed by atoms with Gasteiger partial charge in [0, 0.05) is 0 Å². The molecule has 1 rings (SSSR count). The van der Waals surface area contributed by atoms with Crippen LogP contribution in [-0.2, 0) is 9.53 Å². The minimum absolute atomic E-state index is 0.352. The van der Waals surface area contributed by atoms with Crippen LogP contribution in [0.5, 0.6) is 0 Å². The van der Waals surface area contributed by atoms with Crippen LogP contribution in [0.2, 0.25) is 0 Å². The highest BCUT2D eigenvalue weighted by atomic mass is 16.5. The van der Waals surface area contributed by atoms with Gasteiger partial charge in [-0.15, -0.1) is 0 Å². The van der Waals surface area contributed by atoms with E-state index in [9.17, 15) is 15.0 Å². The lowest BCUT2D eigenvalue weighted by Crippen LogP contribution is -2.28. The molecule has 0 amide bonds. The second kappa shape index (κ2) is 5.26. The molecule has 0 spiro atoms. The summed E-state index contributed by atoms with van der Waals surface area (Å²) in [6, 6.07) is 5.94. The molecular formula is C11H11NO4. The van der Waals surface area contributed by atoms with Crippen LogP contribution < -0.4 is 0 Å². The Morgan fingerprint density at radius 2 is 1.94 bits per heavy atom. The average molecular weight is 221 g/mol. The maximum Gasteiger partial charge on any atom is 0.337 e. The molecule has 0 bridgehead atoms. The fourth-order valence-electron chi connectivity index (χ4n) is 1.18. The molecule has 1 aromatic carbocycles. The van der Waals surface area contributed by atoms with E-state index in [4.69, 9.17) is 6.57 Å². The Morgan fingerprint density at radius 3 is 2.38 bits per heavy atom. The van der Waals surface area contributed by atoms with Gasteiger partial charge in [-0.3, -0.25) is 0 Å². The average Bonchev–Trinajstić information content (AvgIpc) is 2.36. The molecule has 0 radical (unpaired) electrons. The van der Waals surface area contributed by atoms with Crippen LogP contribution in [0.25, 0.3) is 4.85 Å². The molecule has 84 valence electrons. The topological polar surface area (TPSA) is 71.1 Å². The summed E-state index contributed by atoms with van der Waals surface area (Å²) in [6.45, 7) is 6.74. The first-order valence-corrected chi connectivity index (χ1v) is 4.51. The molecule has 0 aliphatic carbocycles. The molecular weight excluding hydrogens is 210 g/mol. The Morgan fingerprint density at radius 1 is 1.38 bits per heavy atom. The summed E-state index contributed by atoms with van der Waals surface area (Å²) >= 11 is 0. The van der Waals surface area contributed by atoms with Crippen LogP contribution in [0, 0.1) is 6.57 Å². The van der Waals surface area contributed by atoms with Gasteiger partial charge in [0.25, 0.3) is 0 Å². The number of carbonyl (C=O) groups excluding carboxylic acids is 1. The quantitative estimate of drug-likeness (QED) is 0.585. The van der Waals surface area contributed by atoms with Gasteiger partial charge in [0.1, 0.15) is 6.10 Å². The maximum absolute atomic E-state index is 11.0. The van der Waals surface area contributed by atoms with Crippen LogP contribution in [-0.4, -0.2) is 29.4 Å². The lowest BCUT2D eigenvalue weighted by Gasteiger charge is -2.15. The highest BCUT2D eigenvalue weighted by molar-refractivity contribution is 5.75. The van der Waals surface area contributed by atoms with Crippen LogP contribution in [0.15, 0.2) is 24.3 Å². The van der Waals surface area contributed by atoms with E-state index in [1.807, 2.05) is 0 Å². The van der Waals surface area contributed by atoms with Crippen LogP contribution in [0.1, 0.15) is 11.7 Å². The monoisotopic (exact) mass is 221 g/mol. The second-order valence-corrected chi connectivity index (χ2v) is 3.12. The SMILES string of the molecule is [C-]#[N+]c1ccc([C@@H](O)[C@H](O)C(=O)OC)cc1. The summed E-state index contributed by atoms with van der Waals surface area (Å²) in [7, 11) is 1.13. The van der Waals surface area contributed by atoms with Crippen molar-refractivity contribution in [3.8, 4) is 0 Å². The van der Waals surface area contributed by atoms with Gasteiger partial charge in [-0.05, 0) is 5.56 Å². The Hall–Kier alpha value is -1.90. The van der Waals surface area contributed by atoms with E-state index < -0.39 is 18.2 Å². The van der Waals surface area contributed by atoms with Gasteiger partial charge < -0.3 is 14.9 Å². The third-order valence-electron chi connectivity index (χ3n) is 2.11. The lowest BCUT2D eigenvalue weighted by molar-refractivity contribution is -0.156. The molecule has 5 nitrogen and oxygen atoms in total. The molecule has 5 heteroatoms. The highest BCUT2D eigenvalue weighted by Crippen LogP contribution is 2.21. The third kappa shape index (κ3) is 2.57. The van der Waals surface area contributed by atoms with Crippen LogP contribution in [0.3, 0.4) is 0 Å². The minimum atomic E-state index is -1.62. The van der Waals surface area contributed by atoms with E-state index in [1.54, 1.807) is 0 Å². The van der Waals surface area contributed by atoms with Gasteiger partial charge in [-0.1, -0.05) is 24.3 Å². The normalized spacial score (nSPS) is 13.6. The summed E-state index contributed by atoms with van der Waals surface area (Å²) in [5, 5.41) is 19.0. The van der Waals surface area contributed by atoms with Crippen molar-refractivity contribution in [1.29, 1.82) is 0 Å². The molecule has 0 aromatic heterocycles. The van der Waals surface area contributed by atoms with Crippen molar-refractivity contribution < 1.29 is 19.7 Å². The van der Waals surface area contributed by atoms with Crippen molar-refractivity contribution in [3.63, 3.8) is 0 Å². The summed E-state index contributed by atoms with van der Waals surface area (Å²) in [4.78, 5) is 14.2. The van der Waals surface area contributed by atoms with Crippen molar-refractivity contribution in [3.05, 3.63) is 41.2 Å². The number of aliphatic hydroxyl groups excluding tert-OH is 2. The highest BCUT2D eigenvalue weighted by Gasteiger charge is 2.26. The van der Waals surface area contributed by atoms with Gasteiger partial charge in [0.2, 0.25) is 0 Å². The van der Waals surface area contributed by atoms with Gasteiger partial charge in [-0.2, -0.15) is 0 Å². The van der Waals surface area contributed by atoms with E-state index >= 15 is 0 Å². The van der Waals surface area contributed by atoms with E-state index in [0.717, 1.165) is 7.11 Å². The van der Waals surface area contributed by atoms with Crippen LogP contribution in [0.4, 0.5) is 5.69 Å². The smallest absolute Gasteiger partial charge is 0.337 e. The third-order valence-corrected chi connectivity index (χ3v) is 2.11. The molecule has 0 saturated heterocycles. The summed E-state index contributed by atoms with van der Waals surface area (Å²) in [5.74, 6) is -0.901. The van der Waals surface area contributed by atoms with Crippen LogP contribution >= 0.6 is 0 Å². The molecule has 0 unspecified atom stereocenters. The maximum atomic E-state index is 11.0. The standard InChI is InChI=1S/C11H11NO4/c1-12-8-5-3-7(4-6-8)9(13)10(14)11(15)16-2/h3-6,9-10,13-14H,2H3/t9-,10+/m1/s1. The lowest BCUT2D eigenvalue weighted by atomic mass is 10.0. The zero-order valence-electron chi connectivity index (χ0n) is 8.62. The fourth-order valence-corrected chi connectivity index (χ4v) is 1.18. The predicted molar refractivity (Wildman–Crippen MR) is 55.7 cm³/mol. The number of carbonyl (C=O) groups is 1. The molecule has 2 atom stereocenters. The van der Waals surface area contributed by atoms with Gasteiger partial charge in [-0.25, -0.2) is 9.64 Å². The number of aliphatic hydroxyl groups is 2. The first-order chi connectivity index (χ1) is 7.60. The second-order valence-electron chi connectivity index (χ2n) is 3.12. The first-order valence-electron chi connectivity index (χ1n) is 4.51. The van der Waals surface area contributed by atoms with Crippen molar-refractivity contribution in [2.75, 3.05) is 7.11 Å². The molecule has 2 N–H and O–H groups in total. The van der Waals surface area contributed by atoms with Gasteiger partial charge in [0.15, 0.2) is 11.8 Å². The molecule has 0 saturated carbocycles. The number of hydrogen-bond donors (Lipinski definition) is 2. The summed E-state index contributed by atoms with van der Waals surface area (Å²) in [5.41, 5.74) is 0.772. The summed E-state index contributed by atoms with van der Waals surface area (Å²) in [6.07, 6.45) is -2.98. The minimum Gasteiger partial charge on any atom is -0.467 e. The van der Waals surface area contributed by atoms with Gasteiger partial charge >= 0.3 is 5.97 Å². The molecule has 0 heterocycles. The van der Waals surface area contributed by atoms with Crippen molar-refractivity contribution in [2.45, 2.75) is 12.2 Å². The summed E-state index contributed by atoms with van der Waals surface area (Å²) < 4.78 is 4.30. The zero-order chi connectivity index (χ0) is 12.1. The molecule has 1 aromatic rings. The van der Waals surface area contributed by atoms with Crippen molar-refractivity contribution in [1.82, 2.24) is 0 Å². The van der Waals surface area contributed by atoms with E-state index in [1.165, 1.54) is 24.3 Å². The Balaban J connectivity index is 2.84. The number of methoxy groups -OCH3 is 1. The fraction of sp³-hybridized carbons (Fsp3) is 0.273. The number of nitrogens with zero attached hydrogens (tertiary/aromatic N) is 1. The number of hydrogen-bond acceptors (Lipinski definition) is 4. The molecule has 0 aliphatic heterocycles.